The Bertz CT molecular complexity index is 375. The van der Waals surface area contributed by atoms with Crippen molar-refractivity contribution in [2.24, 2.45) is 7.05 Å². The summed E-state index contributed by atoms with van der Waals surface area (Å²) in [5, 5.41) is 7.80. The minimum absolute atomic E-state index is 0.262. The second-order valence-electron chi connectivity index (χ2n) is 4.90. The largest absolute Gasteiger partial charge is 0.366 e. The Balaban J connectivity index is 1.54. The van der Waals surface area contributed by atoms with Gasteiger partial charge in [0.25, 0.3) is 0 Å². The van der Waals surface area contributed by atoms with Gasteiger partial charge >= 0.3 is 0 Å². The van der Waals surface area contributed by atoms with Crippen LogP contribution in [0.3, 0.4) is 0 Å². The predicted octanol–water partition coefficient (Wildman–Crippen LogP) is 1.52. The summed E-state index contributed by atoms with van der Waals surface area (Å²) in [4.78, 5) is 0. The Morgan fingerprint density at radius 3 is 2.65 bits per heavy atom. The highest BCUT2D eigenvalue weighted by Gasteiger charge is 2.40. The van der Waals surface area contributed by atoms with Crippen molar-refractivity contribution in [1.29, 1.82) is 0 Å². The van der Waals surface area contributed by atoms with Gasteiger partial charge < -0.3 is 14.8 Å². The van der Waals surface area contributed by atoms with Gasteiger partial charge in [0.2, 0.25) is 0 Å². The van der Waals surface area contributed by atoms with E-state index in [2.05, 4.69) is 10.4 Å². The molecule has 0 radical (unpaired) electrons. The summed E-state index contributed by atoms with van der Waals surface area (Å²) >= 11 is 0. The van der Waals surface area contributed by atoms with Crippen molar-refractivity contribution in [3.05, 3.63) is 12.3 Å². The van der Waals surface area contributed by atoms with Crippen molar-refractivity contribution in [3.63, 3.8) is 0 Å². The van der Waals surface area contributed by atoms with E-state index in [0.717, 1.165) is 44.7 Å². The smallest absolute Gasteiger partial charge is 0.168 e. The van der Waals surface area contributed by atoms with E-state index in [9.17, 15) is 0 Å². The van der Waals surface area contributed by atoms with Crippen LogP contribution in [0.15, 0.2) is 12.3 Å². The summed E-state index contributed by atoms with van der Waals surface area (Å²) in [5.41, 5.74) is 0. The molecule has 2 fully saturated rings. The average Bonchev–Trinajstić information content (AvgIpc) is 2.93. The second-order valence-corrected chi connectivity index (χ2v) is 4.90. The molecule has 0 aromatic carbocycles. The molecule has 1 aliphatic heterocycles. The molecule has 1 aromatic rings. The standard InChI is InChI=1S/C12H19N3O2/c1-15-7-4-11(14-15)13-10-2-5-12(6-3-10)16-8-9-17-12/h4,7,10H,2-3,5-6,8-9H2,1H3,(H,13,14). The van der Waals surface area contributed by atoms with Gasteiger partial charge in [-0.1, -0.05) is 0 Å². The highest BCUT2D eigenvalue weighted by molar-refractivity contribution is 5.33. The fraction of sp³-hybridized carbons (Fsp3) is 0.750. The maximum Gasteiger partial charge on any atom is 0.168 e. The minimum Gasteiger partial charge on any atom is -0.366 e. The first-order valence-electron chi connectivity index (χ1n) is 6.30. The zero-order valence-electron chi connectivity index (χ0n) is 10.2. The number of nitrogens with one attached hydrogen (secondary N) is 1. The number of hydrogen-bond donors (Lipinski definition) is 1. The van der Waals surface area contributed by atoms with Crippen LogP contribution in [-0.2, 0) is 16.5 Å². The van der Waals surface area contributed by atoms with Crippen LogP contribution in [0.2, 0.25) is 0 Å². The van der Waals surface area contributed by atoms with Gasteiger partial charge in [-0.15, -0.1) is 0 Å². The quantitative estimate of drug-likeness (QED) is 0.847. The molecule has 17 heavy (non-hydrogen) atoms. The summed E-state index contributed by atoms with van der Waals surface area (Å²) < 4.78 is 13.2. The van der Waals surface area contributed by atoms with Crippen LogP contribution in [-0.4, -0.2) is 34.8 Å². The number of hydrogen-bond acceptors (Lipinski definition) is 4. The summed E-state index contributed by atoms with van der Waals surface area (Å²) in [7, 11) is 1.93. The van der Waals surface area contributed by atoms with Crippen molar-refractivity contribution >= 4 is 5.82 Å². The molecule has 5 heteroatoms. The van der Waals surface area contributed by atoms with Crippen LogP contribution in [0.4, 0.5) is 5.82 Å². The van der Waals surface area contributed by atoms with E-state index < -0.39 is 0 Å². The van der Waals surface area contributed by atoms with Crippen molar-refractivity contribution in [2.45, 2.75) is 37.5 Å². The van der Waals surface area contributed by atoms with Gasteiger partial charge in [0.15, 0.2) is 5.79 Å². The predicted molar refractivity (Wildman–Crippen MR) is 63.7 cm³/mol. The Hall–Kier alpha value is -1.07. The lowest BCUT2D eigenvalue weighted by Crippen LogP contribution is -2.39. The Kier molecular flexibility index (Phi) is 2.80. The van der Waals surface area contributed by atoms with Gasteiger partial charge in [0.05, 0.1) is 13.2 Å². The number of rotatable bonds is 2. The summed E-state index contributed by atoms with van der Waals surface area (Å²) in [5.74, 6) is 0.698. The van der Waals surface area contributed by atoms with E-state index in [1.54, 1.807) is 0 Å². The SMILES string of the molecule is Cn1ccc(NC2CCC3(CC2)OCCO3)n1. The minimum atomic E-state index is -0.262. The third-order valence-corrected chi connectivity index (χ3v) is 3.63. The van der Waals surface area contributed by atoms with E-state index in [1.807, 2.05) is 24.0 Å². The number of ether oxygens (including phenoxy) is 2. The molecular weight excluding hydrogens is 218 g/mol. The second kappa shape index (κ2) is 4.31. The van der Waals surface area contributed by atoms with Gasteiger partial charge in [0, 0.05) is 38.2 Å². The molecule has 3 rings (SSSR count). The lowest BCUT2D eigenvalue weighted by atomic mass is 9.90. The van der Waals surface area contributed by atoms with Crippen molar-refractivity contribution in [3.8, 4) is 0 Å². The first-order chi connectivity index (χ1) is 8.26. The van der Waals surface area contributed by atoms with Crippen molar-refractivity contribution in [1.82, 2.24) is 9.78 Å². The molecule has 0 unspecified atom stereocenters. The Morgan fingerprint density at radius 1 is 1.35 bits per heavy atom. The topological polar surface area (TPSA) is 48.3 Å². The number of aromatic nitrogens is 2. The third kappa shape index (κ3) is 2.30. The van der Waals surface area contributed by atoms with E-state index in [0.29, 0.717) is 6.04 Å². The van der Waals surface area contributed by atoms with E-state index in [-0.39, 0.29) is 5.79 Å². The van der Waals surface area contributed by atoms with Crippen molar-refractivity contribution < 1.29 is 9.47 Å². The fourth-order valence-electron chi connectivity index (χ4n) is 2.69. The molecule has 5 nitrogen and oxygen atoms in total. The van der Waals surface area contributed by atoms with Gasteiger partial charge in [-0.3, -0.25) is 4.68 Å². The molecule has 2 aliphatic rings. The molecular formula is C12H19N3O2. The first-order valence-corrected chi connectivity index (χ1v) is 6.30. The van der Waals surface area contributed by atoms with E-state index >= 15 is 0 Å². The molecule has 1 saturated carbocycles. The van der Waals surface area contributed by atoms with Gasteiger partial charge in [0.1, 0.15) is 5.82 Å². The summed E-state index contributed by atoms with van der Waals surface area (Å²) in [6, 6.07) is 2.50. The highest BCUT2D eigenvalue weighted by atomic mass is 16.7. The average molecular weight is 237 g/mol. The number of nitrogens with zero attached hydrogens (tertiary/aromatic N) is 2. The Morgan fingerprint density at radius 2 is 2.06 bits per heavy atom. The monoisotopic (exact) mass is 237 g/mol. The van der Waals surface area contributed by atoms with E-state index in [4.69, 9.17) is 9.47 Å². The normalized spacial score (nSPS) is 24.3. The van der Waals surface area contributed by atoms with Crippen LogP contribution in [0, 0.1) is 0 Å². The molecule has 0 amide bonds. The van der Waals surface area contributed by atoms with Gasteiger partial charge in [-0.2, -0.15) is 5.10 Å². The van der Waals surface area contributed by atoms with Crippen LogP contribution in [0.25, 0.3) is 0 Å². The molecule has 1 aliphatic carbocycles. The maximum absolute atomic E-state index is 5.71. The zero-order valence-corrected chi connectivity index (χ0v) is 10.2. The van der Waals surface area contributed by atoms with Gasteiger partial charge in [-0.25, -0.2) is 0 Å². The van der Waals surface area contributed by atoms with Crippen LogP contribution in [0.5, 0.6) is 0 Å². The van der Waals surface area contributed by atoms with E-state index in [1.165, 1.54) is 0 Å². The summed E-state index contributed by atoms with van der Waals surface area (Å²) in [6.07, 6.45) is 6.08. The zero-order chi connectivity index (χ0) is 11.7. The van der Waals surface area contributed by atoms with Crippen molar-refractivity contribution in [2.75, 3.05) is 18.5 Å². The van der Waals surface area contributed by atoms with Gasteiger partial charge in [-0.05, 0) is 12.8 Å². The molecule has 1 spiro atoms. The molecule has 0 bridgehead atoms. The lowest BCUT2D eigenvalue weighted by Gasteiger charge is -2.35. The first kappa shape index (κ1) is 11.0. The molecule has 1 aromatic heterocycles. The number of aryl methyl sites for hydroxylation is 1. The van der Waals surface area contributed by atoms with Crippen LogP contribution in [0.1, 0.15) is 25.7 Å². The third-order valence-electron chi connectivity index (χ3n) is 3.63. The van der Waals surface area contributed by atoms with Crippen LogP contribution >= 0.6 is 0 Å². The molecule has 0 atom stereocenters. The van der Waals surface area contributed by atoms with Crippen LogP contribution < -0.4 is 5.32 Å². The fourth-order valence-corrected chi connectivity index (χ4v) is 2.69. The number of anilines is 1. The molecule has 2 heterocycles. The molecule has 1 N–H and O–H groups in total. The Labute approximate surface area is 101 Å². The molecule has 1 saturated heterocycles. The maximum atomic E-state index is 5.71. The molecule has 94 valence electrons. The lowest BCUT2D eigenvalue weighted by molar-refractivity contribution is -0.177. The summed E-state index contributed by atoms with van der Waals surface area (Å²) in [6.45, 7) is 1.50. The highest BCUT2D eigenvalue weighted by Crippen LogP contribution is 2.36.